The molecule has 0 aromatic rings. The molecule has 4 atom stereocenters. The number of rotatable bonds is 9. The van der Waals surface area contributed by atoms with Crippen molar-refractivity contribution in [1.29, 1.82) is 0 Å². The maximum Gasteiger partial charge on any atom is 0.518 e. The Kier molecular flexibility index (Phi) is 8.56. The number of hydrogen-bond acceptors (Lipinski definition) is 14. The van der Waals surface area contributed by atoms with Gasteiger partial charge in [-0.25, -0.2) is 0 Å². The SMILES string of the molecule is CCC(C)(C)C(=O)OC[Si]12O[SiH]3O[Si]4(CC)O[Si]5(CC)O[SiH](O[Si](CC)(O4)O1)O[Si](CC)(O[Si](CC)(O3)O5)O2. The molecule has 6 saturated heterocycles. The number of carbonyl (C=O) groups is 1. The quantitative estimate of drug-likeness (QED) is 0.257. The molecule has 0 radical (unpaired) electrons. The van der Waals surface area contributed by atoms with Crippen molar-refractivity contribution in [2.45, 2.75) is 92.0 Å². The van der Waals surface area contributed by atoms with Crippen LogP contribution in [0.4, 0.5) is 0 Å². The van der Waals surface area contributed by atoms with E-state index in [0.29, 0.717) is 36.6 Å². The number of ether oxygens (including phenoxy) is 1. The van der Waals surface area contributed by atoms with Crippen molar-refractivity contribution in [3.05, 3.63) is 0 Å². The molecule has 224 valence electrons. The van der Waals surface area contributed by atoms with E-state index in [-0.39, 0.29) is 6.23 Å². The van der Waals surface area contributed by atoms with Gasteiger partial charge in [-0.3, -0.25) is 4.79 Å². The highest BCUT2D eigenvalue weighted by molar-refractivity contribution is 6.99. The van der Waals surface area contributed by atoms with Crippen molar-refractivity contribution in [2.75, 3.05) is 6.23 Å². The highest BCUT2D eigenvalue weighted by Crippen LogP contribution is 2.47. The largest absolute Gasteiger partial charge is 0.518 e. The Morgan fingerprint density at radius 1 is 0.564 bits per heavy atom. The van der Waals surface area contributed by atoms with Gasteiger partial charge in [-0.1, -0.05) is 41.5 Å². The van der Waals surface area contributed by atoms with Gasteiger partial charge in [0.25, 0.3) is 0 Å². The zero-order chi connectivity index (χ0) is 28.4. The molecule has 22 heteroatoms. The highest BCUT2D eigenvalue weighted by atomic mass is 28.6. The van der Waals surface area contributed by atoms with E-state index < -0.39 is 83.3 Å². The molecule has 0 aromatic heterocycles. The van der Waals surface area contributed by atoms with Crippen LogP contribution in [0.15, 0.2) is 0 Å². The lowest BCUT2D eigenvalue weighted by Gasteiger charge is -2.59. The fourth-order valence-corrected chi connectivity index (χ4v) is 47.7. The molecule has 6 rings (SSSR count). The number of hydrogen-bond donors (Lipinski definition) is 0. The van der Waals surface area contributed by atoms with Gasteiger partial charge in [0.05, 0.1) is 5.41 Å². The minimum absolute atomic E-state index is 0.293. The van der Waals surface area contributed by atoms with Crippen LogP contribution in [0.25, 0.3) is 0 Å². The van der Waals surface area contributed by atoms with Crippen LogP contribution in [-0.4, -0.2) is 84.1 Å². The second-order valence-corrected chi connectivity index (χ2v) is 34.3. The Balaban J connectivity index is 1.68. The number of esters is 1. The van der Waals surface area contributed by atoms with Gasteiger partial charge in [-0.15, -0.1) is 0 Å². The van der Waals surface area contributed by atoms with Crippen molar-refractivity contribution in [2.24, 2.45) is 5.41 Å². The normalized spacial score (nSPS) is 47.2. The van der Waals surface area contributed by atoms with E-state index in [2.05, 4.69) is 0 Å². The highest BCUT2D eigenvalue weighted by Gasteiger charge is 2.77. The second-order valence-electron chi connectivity index (χ2n) is 10.6. The van der Waals surface area contributed by atoms with Crippen molar-refractivity contribution < 1.29 is 58.9 Å². The summed E-state index contributed by atoms with van der Waals surface area (Å²) in [6, 6.07) is 1.88. The molecule has 0 aromatic carbocycles. The molecule has 0 saturated carbocycles. The van der Waals surface area contributed by atoms with E-state index >= 15 is 0 Å². The molecule has 0 amide bonds. The van der Waals surface area contributed by atoms with Gasteiger partial charge in [0.2, 0.25) is 0 Å². The first-order valence-corrected chi connectivity index (χ1v) is 28.2. The first kappa shape index (κ1) is 31.2. The van der Waals surface area contributed by atoms with Gasteiger partial charge in [-0.2, -0.15) is 0 Å². The van der Waals surface area contributed by atoms with Gasteiger partial charge in [-0.05, 0) is 20.3 Å². The molecule has 39 heavy (non-hydrogen) atoms. The van der Waals surface area contributed by atoms with E-state index in [9.17, 15) is 4.79 Å². The molecular formula is C17H40O14Si8. The first-order chi connectivity index (χ1) is 18.3. The molecule has 6 heterocycles. The van der Waals surface area contributed by atoms with Crippen molar-refractivity contribution in [3.8, 4) is 0 Å². The zero-order valence-electron chi connectivity index (χ0n) is 23.8. The molecular weight excluding hydrogens is 653 g/mol. The average molecular weight is 693 g/mol. The van der Waals surface area contributed by atoms with Crippen LogP contribution in [-0.2, 0) is 58.9 Å². The van der Waals surface area contributed by atoms with E-state index in [1.165, 1.54) is 0 Å². The van der Waals surface area contributed by atoms with Crippen LogP contribution in [0.2, 0.25) is 30.2 Å². The summed E-state index contributed by atoms with van der Waals surface area (Å²) in [5, 5.41) is 0. The molecule has 0 aliphatic carbocycles. The lowest BCUT2D eigenvalue weighted by atomic mass is 9.91. The smallest absolute Gasteiger partial charge is 0.461 e. The first-order valence-electron chi connectivity index (χ1n) is 13.8. The Morgan fingerprint density at radius 3 is 1.13 bits per heavy atom. The van der Waals surface area contributed by atoms with Crippen molar-refractivity contribution in [1.82, 2.24) is 0 Å². The van der Waals surface area contributed by atoms with Gasteiger partial charge >= 0.3 is 77.9 Å². The molecule has 6 aliphatic heterocycles. The molecule has 0 N–H and O–H groups in total. The van der Waals surface area contributed by atoms with Crippen LogP contribution in [0.3, 0.4) is 0 Å². The second kappa shape index (κ2) is 10.7. The van der Waals surface area contributed by atoms with Crippen LogP contribution in [0.5, 0.6) is 0 Å². The summed E-state index contributed by atoms with van der Waals surface area (Å²) in [4.78, 5) is 13.1. The summed E-state index contributed by atoms with van der Waals surface area (Å²) in [6.45, 7) is 15.1. The Bertz CT molecular complexity index is 920. The Hall–Kier alpha value is 0.725. The van der Waals surface area contributed by atoms with Crippen molar-refractivity contribution >= 4 is 77.9 Å². The summed E-state index contributed by atoms with van der Waals surface area (Å²) in [5.74, 6) is -0.405. The minimum Gasteiger partial charge on any atom is -0.461 e. The summed E-state index contributed by atoms with van der Waals surface area (Å²) in [6.07, 6.45) is 0.294. The zero-order valence-corrected chi connectivity index (χ0v) is 32.1. The third kappa shape index (κ3) is 5.58. The molecule has 6 fully saturated rings. The average Bonchev–Trinajstić information content (AvgIpc) is 2.85. The summed E-state index contributed by atoms with van der Waals surface area (Å²) < 4.78 is 86.6. The molecule has 8 bridgehead atoms. The fourth-order valence-electron chi connectivity index (χ4n) is 4.58. The van der Waals surface area contributed by atoms with E-state index in [0.717, 1.165) is 0 Å². The standard InChI is InChI=1S/C17H40O14Si8/c1-9-17(7,8)16(18)19-15-39-25-33-23-35(11-3)26-34(10-2)20-32(21-37(13-5,28-35)30-39)22-38(14-6,31-39)29-36(12-4,24-33)27-34/h32-33H,9-15H2,1-8H3. The lowest BCUT2D eigenvalue weighted by molar-refractivity contribution is -0.153. The lowest BCUT2D eigenvalue weighted by Crippen LogP contribution is -2.84. The number of carbonyl (C=O) groups excluding carboxylic acids is 1. The van der Waals surface area contributed by atoms with Crippen LogP contribution in [0, 0.1) is 5.41 Å². The Labute approximate surface area is 239 Å². The maximum absolute atomic E-state index is 13.1. The third-order valence-corrected chi connectivity index (χ3v) is 40.5. The van der Waals surface area contributed by atoms with E-state index in [1.54, 1.807) is 0 Å². The van der Waals surface area contributed by atoms with E-state index in [1.807, 2.05) is 55.4 Å². The molecule has 6 aliphatic rings. The fraction of sp³-hybridized carbons (Fsp3) is 0.941. The van der Waals surface area contributed by atoms with Gasteiger partial charge < -0.3 is 54.1 Å². The van der Waals surface area contributed by atoms with Crippen LogP contribution < -0.4 is 0 Å². The topological polar surface area (TPSA) is 137 Å². The third-order valence-electron chi connectivity index (χ3n) is 7.50. The van der Waals surface area contributed by atoms with E-state index in [4.69, 9.17) is 54.1 Å². The van der Waals surface area contributed by atoms with Crippen molar-refractivity contribution in [3.63, 3.8) is 0 Å². The summed E-state index contributed by atoms with van der Waals surface area (Å²) >= 11 is 0. The molecule has 0 spiro atoms. The van der Waals surface area contributed by atoms with Gasteiger partial charge in [0, 0.05) is 30.2 Å². The van der Waals surface area contributed by atoms with Crippen LogP contribution >= 0.6 is 0 Å². The van der Waals surface area contributed by atoms with Gasteiger partial charge in [0.1, 0.15) is 0 Å². The minimum atomic E-state index is -4.01. The monoisotopic (exact) mass is 692 g/mol. The van der Waals surface area contributed by atoms with Gasteiger partial charge in [0.15, 0.2) is 6.23 Å². The Morgan fingerprint density at radius 2 is 0.846 bits per heavy atom. The summed E-state index contributed by atoms with van der Waals surface area (Å²) in [5.41, 5.74) is -0.717. The predicted molar refractivity (Wildman–Crippen MR) is 149 cm³/mol. The van der Waals surface area contributed by atoms with Crippen LogP contribution in [0.1, 0.15) is 61.8 Å². The summed E-state index contributed by atoms with van der Waals surface area (Å²) in [7, 11) is -28.2. The maximum atomic E-state index is 13.1. The molecule has 4 unspecified atom stereocenters. The predicted octanol–water partition coefficient (Wildman–Crippen LogP) is 1.94. The molecule has 14 nitrogen and oxygen atoms in total.